The quantitative estimate of drug-likeness (QED) is 0.603. The molecule has 0 saturated heterocycles. The molecule has 3 N–H and O–H groups in total. The van der Waals surface area contributed by atoms with E-state index in [4.69, 9.17) is 17.4 Å². The van der Waals surface area contributed by atoms with Crippen molar-refractivity contribution in [1.82, 2.24) is 5.43 Å². The van der Waals surface area contributed by atoms with E-state index in [0.717, 1.165) is 22.1 Å². The Hall–Kier alpha value is -0.220. The molecule has 0 bridgehead atoms. The monoisotopic (exact) mass is 230 g/mol. The van der Waals surface area contributed by atoms with E-state index >= 15 is 0 Å². The van der Waals surface area contributed by atoms with Gasteiger partial charge >= 0.3 is 0 Å². The molecule has 4 heteroatoms. The van der Waals surface area contributed by atoms with Gasteiger partial charge in [-0.3, -0.25) is 11.3 Å². The lowest BCUT2D eigenvalue weighted by Crippen LogP contribution is -2.29. The van der Waals surface area contributed by atoms with Gasteiger partial charge in [-0.15, -0.1) is 0 Å². The Morgan fingerprint density at radius 1 is 1.50 bits per heavy atom. The predicted molar refractivity (Wildman–Crippen MR) is 64.5 cm³/mol. The summed E-state index contributed by atoms with van der Waals surface area (Å²) in [6, 6.07) is 7.92. The Balaban J connectivity index is 2.73. The van der Waals surface area contributed by atoms with Crippen LogP contribution in [0, 0.1) is 0 Å². The van der Waals surface area contributed by atoms with E-state index in [1.807, 2.05) is 36.0 Å². The highest BCUT2D eigenvalue weighted by atomic mass is 35.5. The first-order chi connectivity index (χ1) is 6.79. The second kappa shape index (κ2) is 6.30. The van der Waals surface area contributed by atoms with Crippen LogP contribution in [0.3, 0.4) is 0 Å². The number of hydrogen-bond donors (Lipinski definition) is 2. The predicted octanol–water partition coefficient (Wildman–Crippen LogP) is 2.60. The van der Waals surface area contributed by atoms with Gasteiger partial charge in [0.25, 0.3) is 0 Å². The molecule has 0 amide bonds. The van der Waals surface area contributed by atoms with Crippen LogP contribution in [-0.4, -0.2) is 11.5 Å². The molecule has 1 aromatic rings. The molecule has 0 radical (unpaired) electrons. The fraction of sp³-hybridized carbons (Fsp3) is 0.400. The maximum atomic E-state index is 6.07. The third kappa shape index (κ3) is 3.17. The Labute approximate surface area is 94.2 Å². The van der Waals surface area contributed by atoms with Crippen molar-refractivity contribution in [1.29, 1.82) is 0 Å². The Bertz CT molecular complexity index is 281. The number of rotatable bonds is 5. The number of halogens is 1. The van der Waals surface area contributed by atoms with Crippen LogP contribution < -0.4 is 11.3 Å². The minimum atomic E-state index is 0.133. The summed E-state index contributed by atoms with van der Waals surface area (Å²) in [7, 11) is 0. The number of nitrogens with one attached hydrogen (secondary N) is 1. The summed E-state index contributed by atoms with van der Waals surface area (Å²) >= 11 is 7.92. The van der Waals surface area contributed by atoms with Gasteiger partial charge in [0.2, 0.25) is 0 Å². The largest absolute Gasteiger partial charge is 0.271 e. The van der Waals surface area contributed by atoms with E-state index in [9.17, 15) is 0 Å². The first-order valence-corrected chi connectivity index (χ1v) is 6.11. The van der Waals surface area contributed by atoms with E-state index in [1.165, 1.54) is 0 Å². The van der Waals surface area contributed by atoms with Crippen molar-refractivity contribution in [2.24, 2.45) is 5.84 Å². The fourth-order valence-corrected chi connectivity index (χ4v) is 2.24. The normalized spacial score (nSPS) is 12.8. The van der Waals surface area contributed by atoms with Crippen LogP contribution in [-0.2, 0) is 0 Å². The number of nitrogens with two attached hydrogens (primary N) is 1. The van der Waals surface area contributed by atoms with Gasteiger partial charge in [-0.25, -0.2) is 0 Å². The average molecular weight is 231 g/mol. The summed E-state index contributed by atoms with van der Waals surface area (Å²) in [5, 5.41) is 0.771. The van der Waals surface area contributed by atoms with Gasteiger partial charge in [-0.05, 0) is 17.4 Å². The van der Waals surface area contributed by atoms with Crippen LogP contribution in [0.4, 0.5) is 0 Å². The van der Waals surface area contributed by atoms with Crippen molar-refractivity contribution >= 4 is 23.4 Å². The zero-order chi connectivity index (χ0) is 10.4. The standard InChI is InChI=1S/C10H15ClN2S/c1-2-14-7-10(13-12)8-5-3-4-6-9(8)11/h3-6,10,13H,2,7,12H2,1H3. The van der Waals surface area contributed by atoms with E-state index in [2.05, 4.69) is 12.3 Å². The van der Waals surface area contributed by atoms with Crippen molar-refractivity contribution in [2.45, 2.75) is 13.0 Å². The topological polar surface area (TPSA) is 38.0 Å². The van der Waals surface area contributed by atoms with Crippen molar-refractivity contribution in [2.75, 3.05) is 11.5 Å². The van der Waals surface area contributed by atoms with Gasteiger partial charge in [0, 0.05) is 10.8 Å². The molecule has 2 nitrogen and oxygen atoms in total. The molecule has 0 fully saturated rings. The molecule has 0 aliphatic rings. The van der Waals surface area contributed by atoms with Crippen LogP contribution in [0.1, 0.15) is 18.5 Å². The molecule has 0 saturated carbocycles. The van der Waals surface area contributed by atoms with Crippen LogP contribution in [0.25, 0.3) is 0 Å². The molecule has 0 aromatic heterocycles. The molecule has 0 aliphatic heterocycles. The molecule has 1 aromatic carbocycles. The Morgan fingerprint density at radius 2 is 2.21 bits per heavy atom. The average Bonchev–Trinajstić information content (AvgIpc) is 2.21. The van der Waals surface area contributed by atoms with E-state index in [-0.39, 0.29) is 6.04 Å². The summed E-state index contributed by atoms with van der Waals surface area (Å²) < 4.78 is 0. The Morgan fingerprint density at radius 3 is 2.79 bits per heavy atom. The second-order valence-corrected chi connectivity index (χ2v) is 4.63. The lowest BCUT2D eigenvalue weighted by atomic mass is 10.1. The molecule has 14 heavy (non-hydrogen) atoms. The van der Waals surface area contributed by atoms with Crippen molar-refractivity contribution < 1.29 is 0 Å². The number of hydrazine groups is 1. The summed E-state index contributed by atoms with van der Waals surface area (Å²) in [5.41, 5.74) is 3.86. The molecule has 1 rings (SSSR count). The summed E-state index contributed by atoms with van der Waals surface area (Å²) in [6.07, 6.45) is 0. The fourth-order valence-electron chi connectivity index (χ4n) is 1.22. The number of benzene rings is 1. The maximum absolute atomic E-state index is 6.07. The molecule has 0 heterocycles. The van der Waals surface area contributed by atoms with Crippen LogP contribution >= 0.6 is 23.4 Å². The third-order valence-electron chi connectivity index (χ3n) is 1.97. The van der Waals surface area contributed by atoms with E-state index in [0.29, 0.717) is 0 Å². The minimum Gasteiger partial charge on any atom is -0.271 e. The summed E-state index contributed by atoms with van der Waals surface area (Å²) in [6.45, 7) is 2.13. The highest BCUT2D eigenvalue weighted by Gasteiger charge is 2.11. The van der Waals surface area contributed by atoms with Crippen LogP contribution in [0.2, 0.25) is 5.02 Å². The van der Waals surface area contributed by atoms with Gasteiger partial charge in [0.15, 0.2) is 0 Å². The third-order valence-corrected chi connectivity index (χ3v) is 3.29. The minimum absolute atomic E-state index is 0.133. The SMILES string of the molecule is CCSCC(NN)c1ccccc1Cl. The molecule has 1 atom stereocenters. The zero-order valence-corrected chi connectivity index (χ0v) is 9.74. The molecule has 0 aliphatic carbocycles. The number of hydrogen-bond acceptors (Lipinski definition) is 3. The first-order valence-electron chi connectivity index (χ1n) is 4.58. The van der Waals surface area contributed by atoms with Gasteiger partial charge in [-0.1, -0.05) is 36.7 Å². The molecular weight excluding hydrogens is 216 g/mol. The van der Waals surface area contributed by atoms with Crippen LogP contribution in [0.5, 0.6) is 0 Å². The lowest BCUT2D eigenvalue weighted by Gasteiger charge is -2.16. The van der Waals surface area contributed by atoms with Crippen molar-refractivity contribution in [3.8, 4) is 0 Å². The van der Waals surface area contributed by atoms with Crippen molar-refractivity contribution in [3.63, 3.8) is 0 Å². The first kappa shape index (κ1) is 11.9. The molecule has 1 unspecified atom stereocenters. The van der Waals surface area contributed by atoms with Gasteiger partial charge in [0.1, 0.15) is 0 Å². The zero-order valence-electron chi connectivity index (χ0n) is 8.16. The van der Waals surface area contributed by atoms with Gasteiger partial charge in [0.05, 0.1) is 6.04 Å². The van der Waals surface area contributed by atoms with Crippen molar-refractivity contribution in [3.05, 3.63) is 34.9 Å². The highest BCUT2D eigenvalue weighted by Crippen LogP contribution is 2.24. The van der Waals surface area contributed by atoms with Gasteiger partial charge in [-0.2, -0.15) is 11.8 Å². The second-order valence-electron chi connectivity index (χ2n) is 2.90. The summed E-state index contributed by atoms with van der Waals surface area (Å²) in [4.78, 5) is 0. The molecule has 78 valence electrons. The molecular formula is C10H15ClN2S. The summed E-state index contributed by atoms with van der Waals surface area (Å²) in [5.74, 6) is 7.52. The van der Waals surface area contributed by atoms with Crippen LogP contribution in [0.15, 0.2) is 24.3 Å². The molecule has 0 spiro atoms. The Kier molecular flexibility index (Phi) is 5.33. The lowest BCUT2D eigenvalue weighted by molar-refractivity contribution is 0.611. The van der Waals surface area contributed by atoms with Gasteiger partial charge < -0.3 is 0 Å². The maximum Gasteiger partial charge on any atom is 0.0565 e. The highest BCUT2D eigenvalue weighted by molar-refractivity contribution is 7.99. The van der Waals surface area contributed by atoms with E-state index < -0.39 is 0 Å². The smallest absolute Gasteiger partial charge is 0.0565 e. The number of thioether (sulfide) groups is 1. The van der Waals surface area contributed by atoms with E-state index in [1.54, 1.807) is 0 Å².